The Hall–Kier alpha value is -1.44. The Morgan fingerprint density at radius 3 is 2.92 bits per heavy atom. The first-order valence-electron chi connectivity index (χ1n) is 8.68. The van der Waals surface area contributed by atoms with Crippen LogP contribution in [0.4, 0.5) is 0 Å². The average Bonchev–Trinajstić information content (AvgIpc) is 3.05. The molecule has 1 N–H and O–H groups in total. The van der Waals surface area contributed by atoms with Crippen molar-refractivity contribution in [3.05, 3.63) is 18.2 Å². The molecule has 24 heavy (non-hydrogen) atoms. The molecule has 0 amide bonds. The van der Waals surface area contributed by atoms with E-state index in [-0.39, 0.29) is 5.92 Å². The van der Waals surface area contributed by atoms with E-state index in [4.69, 9.17) is 4.74 Å². The van der Waals surface area contributed by atoms with Crippen molar-refractivity contribution in [3.63, 3.8) is 0 Å². The first-order chi connectivity index (χ1) is 11.5. The lowest BCUT2D eigenvalue weighted by molar-refractivity contribution is -0.151. The number of carboxylic acids is 1. The van der Waals surface area contributed by atoms with Gasteiger partial charge < -0.3 is 14.4 Å². The third-order valence-electron chi connectivity index (χ3n) is 5.67. The van der Waals surface area contributed by atoms with Gasteiger partial charge in [0, 0.05) is 58.6 Å². The standard InChI is InChI=1S/C17H28N4O3/c1-19-7-5-18-15(19)12-20-6-3-4-17(16(22)23)13-21(8-9-24-2)11-14(17)10-20/h5,7,14H,3-4,6,8-13H2,1-2H3,(H,22,23)/t14-,17-/m1/s1. The van der Waals surface area contributed by atoms with Gasteiger partial charge in [-0.15, -0.1) is 0 Å². The molecule has 2 saturated heterocycles. The number of methoxy groups -OCH3 is 1. The lowest BCUT2D eigenvalue weighted by Crippen LogP contribution is -2.41. The number of hydrogen-bond donors (Lipinski definition) is 1. The van der Waals surface area contributed by atoms with Gasteiger partial charge in [0.25, 0.3) is 0 Å². The Bertz CT molecular complexity index is 576. The number of rotatable bonds is 6. The molecule has 7 heteroatoms. The van der Waals surface area contributed by atoms with Gasteiger partial charge >= 0.3 is 5.97 Å². The summed E-state index contributed by atoms with van der Waals surface area (Å²) in [6.45, 7) is 5.49. The van der Waals surface area contributed by atoms with E-state index >= 15 is 0 Å². The number of carbonyl (C=O) groups is 1. The van der Waals surface area contributed by atoms with E-state index < -0.39 is 11.4 Å². The van der Waals surface area contributed by atoms with Gasteiger partial charge in [-0.05, 0) is 19.4 Å². The van der Waals surface area contributed by atoms with E-state index in [0.717, 1.165) is 51.4 Å². The van der Waals surface area contributed by atoms with Crippen molar-refractivity contribution in [2.75, 3.05) is 46.4 Å². The van der Waals surface area contributed by atoms with Gasteiger partial charge in [-0.3, -0.25) is 14.6 Å². The number of likely N-dealkylation sites (tertiary alicyclic amines) is 2. The third-order valence-corrected chi connectivity index (χ3v) is 5.67. The topological polar surface area (TPSA) is 70.8 Å². The smallest absolute Gasteiger partial charge is 0.311 e. The van der Waals surface area contributed by atoms with E-state index in [1.165, 1.54) is 0 Å². The highest BCUT2D eigenvalue weighted by molar-refractivity contribution is 5.76. The molecular weight excluding hydrogens is 308 g/mol. The van der Waals surface area contributed by atoms with Gasteiger partial charge in [-0.2, -0.15) is 0 Å². The first-order valence-corrected chi connectivity index (χ1v) is 8.68. The van der Waals surface area contributed by atoms with Crippen molar-refractivity contribution in [1.82, 2.24) is 19.4 Å². The predicted molar refractivity (Wildman–Crippen MR) is 89.6 cm³/mol. The van der Waals surface area contributed by atoms with E-state index in [1.807, 2.05) is 24.0 Å². The zero-order valence-corrected chi connectivity index (χ0v) is 14.6. The zero-order chi connectivity index (χ0) is 17.2. The highest BCUT2D eigenvalue weighted by Gasteiger charge is 2.53. The molecule has 2 aliphatic heterocycles. The fourth-order valence-electron chi connectivity index (χ4n) is 4.25. The Balaban J connectivity index is 1.73. The van der Waals surface area contributed by atoms with Gasteiger partial charge in [-0.1, -0.05) is 0 Å². The number of carboxylic acid groups (broad SMARTS) is 1. The predicted octanol–water partition coefficient (Wildman–Crippen LogP) is 0.665. The van der Waals surface area contributed by atoms with Crippen LogP contribution in [0.15, 0.2) is 12.4 Å². The maximum atomic E-state index is 12.1. The number of ether oxygens (including phenoxy) is 1. The fraction of sp³-hybridized carbons (Fsp3) is 0.765. The van der Waals surface area contributed by atoms with Crippen LogP contribution in [0.5, 0.6) is 0 Å². The van der Waals surface area contributed by atoms with Gasteiger partial charge in [0.05, 0.1) is 18.6 Å². The molecule has 2 atom stereocenters. The monoisotopic (exact) mass is 336 g/mol. The third kappa shape index (κ3) is 3.34. The Labute approximate surface area is 143 Å². The number of aromatic nitrogens is 2. The van der Waals surface area contributed by atoms with Crippen LogP contribution in [-0.4, -0.2) is 76.9 Å². The lowest BCUT2D eigenvalue weighted by atomic mass is 9.75. The zero-order valence-electron chi connectivity index (χ0n) is 14.6. The van der Waals surface area contributed by atoms with Crippen molar-refractivity contribution in [1.29, 1.82) is 0 Å². The molecule has 0 spiro atoms. The number of fused-ring (bicyclic) bond motifs is 1. The van der Waals surface area contributed by atoms with Crippen molar-refractivity contribution >= 4 is 5.97 Å². The van der Waals surface area contributed by atoms with Gasteiger partial charge in [0.1, 0.15) is 5.82 Å². The van der Waals surface area contributed by atoms with Crippen molar-refractivity contribution in [2.24, 2.45) is 18.4 Å². The van der Waals surface area contributed by atoms with Crippen LogP contribution in [0.3, 0.4) is 0 Å². The molecule has 0 unspecified atom stereocenters. The van der Waals surface area contributed by atoms with E-state index in [9.17, 15) is 9.90 Å². The van der Waals surface area contributed by atoms with Crippen molar-refractivity contribution in [2.45, 2.75) is 19.4 Å². The summed E-state index contributed by atoms with van der Waals surface area (Å²) in [6.07, 6.45) is 5.45. The number of imidazole rings is 1. The van der Waals surface area contributed by atoms with Crippen molar-refractivity contribution < 1.29 is 14.6 Å². The molecular formula is C17H28N4O3. The van der Waals surface area contributed by atoms with Gasteiger partial charge in [0.2, 0.25) is 0 Å². The van der Waals surface area contributed by atoms with Crippen LogP contribution in [0.25, 0.3) is 0 Å². The molecule has 2 fully saturated rings. The quantitative estimate of drug-likeness (QED) is 0.823. The summed E-state index contributed by atoms with van der Waals surface area (Å²) in [6, 6.07) is 0. The largest absolute Gasteiger partial charge is 0.481 e. The summed E-state index contributed by atoms with van der Waals surface area (Å²) in [5.74, 6) is 0.563. The average molecular weight is 336 g/mol. The summed E-state index contributed by atoms with van der Waals surface area (Å²) in [7, 11) is 3.69. The summed E-state index contributed by atoms with van der Waals surface area (Å²) in [4.78, 5) is 21.2. The summed E-state index contributed by atoms with van der Waals surface area (Å²) in [5.41, 5.74) is -0.607. The van der Waals surface area contributed by atoms with Gasteiger partial charge in [-0.25, -0.2) is 4.98 Å². The normalized spacial score (nSPS) is 28.7. The minimum atomic E-state index is -0.633. The molecule has 7 nitrogen and oxygen atoms in total. The lowest BCUT2D eigenvalue weighted by Gasteiger charge is -2.29. The van der Waals surface area contributed by atoms with E-state index in [2.05, 4.69) is 14.8 Å². The SMILES string of the molecule is COCCN1C[C@H]2CN(Cc3nccn3C)CCC[C@@]2(C(=O)O)C1. The first kappa shape index (κ1) is 17.4. The molecule has 0 saturated carbocycles. The van der Waals surface area contributed by atoms with Crippen molar-refractivity contribution in [3.8, 4) is 0 Å². The molecule has 3 rings (SSSR count). The van der Waals surface area contributed by atoms with E-state index in [1.54, 1.807) is 7.11 Å². The molecule has 0 radical (unpaired) electrons. The Morgan fingerprint density at radius 2 is 2.25 bits per heavy atom. The number of hydrogen-bond acceptors (Lipinski definition) is 5. The van der Waals surface area contributed by atoms with Crippen LogP contribution >= 0.6 is 0 Å². The second kappa shape index (κ2) is 7.21. The molecule has 2 aliphatic rings. The number of aryl methyl sites for hydroxylation is 1. The summed E-state index contributed by atoms with van der Waals surface area (Å²) in [5, 5.41) is 9.96. The maximum absolute atomic E-state index is 12.1. The Kier molecular flexibility index (Phi) is 5.22. The minimum absolute atomic E-state index is 0.162. The minimum Gasteiger partial charge on any atom is -0.481 e. The Morgan fingerprint density at radius 1 is 1.46 bits per heavy atom. The van der Waals surface area contributed by atoms with Crippen LogP contribution < -0.4 is 0 Å². The van der Waals surface area contributed by atoms with Crippen LogP contribution in [-0.2, 0) is 23.1 Å². The molecule has 1 aromatic rings. The molecule has 0 aliphatic carbocycles. The van der Waals surface area contributed by atoms with Crippen LogP contribution in [0.2, 0.25) is 0 Å². The molecule has 1 aromatic heterocycles. The summed E-state index contributed by atoms with van der Waals surface area (Å²) >= 11 is 0. The molecule has 134 valence electrons. The molecule has 0 aromatic carbocycles. The second-order valence-corrected chi connectivity index (χ2v) is 7.18. The maximum Gasteiger partial charge on any atom is 0.311 e. The number of aliphatic carboxylic acids is 1. The van der Waals surface area contributed by atoms with Crippen LogP contribution in [0, 0.1) is 11.3 Å². The highest BCUT2D eigenvalue weighted by atomic mass is 16.5. The highest BCUT2D eigenvalue weighted by Crippen LogP contribution is 2.43. The van der Waals surface area contributed by atoms with Crippen LogP contribution in [0.1, 0.15) is 18.7 Å². The van der Waals surface area contributed by atoms with Gasteiger partial charge in [0.15, 0.2) is 0 Å². The molecule has 0 bridgehead atoms. The second-order valence-electron chi connectivity index (χ2n) is 7.18. The molecule has 3 heterocycles. The number of nitrogens with zero attached hydrogens (tertiary/aromatic N) is 4. The fourth-order valence-corrected chi connectivity index (χ4v) is 4.25. The van der Waals surface area contributed by atoms with E-state index in [0.29, 0.717) is 13.2 Å². The summed E-state index contributed by atoms with van der Waals surface area (Å²) < 4.78 is 7.21.